The van der Waals surface area contributed by atoms with Gasteiger partial charge in [-0.05, 0) is 57.5 Å². The summed E-state index contributed by atoms with van der Waals surface area (Å²) in [5, 5.41) is 3.53. The molecule has 1 aromatic rings. The average Bonchev–Trinajstić information content (AvgIpc) is 2.29. The normalized spacial score (nSPS) is 11.5. The molecule has 0 atom stereocenters. The number of benzene rings is 1. The van der Waals surface area contributed by atoms with Gasteiger partial charge in [-0.15, -0.1) is 0 Å². The summed E-state index contributed by atoms with van der Waals surface area (Å²) in [4.78, 5) is 0. The van der Waals surface area contributed by atoms with Crippen molar-refractivity contribution >= 4 is 0 Å². The zero-order valence-corrected chi connectivity index (χ0v) is 11.1. The largest absolute Gasteiger partial charge is 0.497 e. The van der Waals surface area contributed by atoms with Crippen LogP contribution in [0.3, 0.4) is 0 Å². The molecule has 0 saturated carbocycles. The van der Waals surface area contributed by atoms with E-state index in [-0.39, 0.29) is 5.54 Å². The van der Waals surface area contributed by atoms with Gasteiger partial charge < -0.3 is 15.8 Å². The van der Waals surface area contributed by atoms with Gasteiger partial charge in [0, 0.05) is 5.54 Å². The summed E-state index contributed by atoms with van der Waals surface area (Å²) in [6.07, 6.45) is 2.00. The van der Waals surface area contributed by atoms with Gasteiger partial charge in [-0.1, -0.05) is 12.1 Å². The van der Waals surface area contributed by atoms with Crippen molar-refractivity contribution in [1.29, 1.82) is 0 Å². The van der Waals surface area contributed by atoms with Crippen LogP contribution in [-0.2, 0) is 6.42 Å². The van der Waals surface area contributed by atoms with Crippen molar-refractivity contribution in [2.45, 2.75) is 32.2 Å². The minimum absolute atomic E-state index is 0.119. The van der Waals surface area contributed by atoms with E-state index >= 15 is 0 Å². The molecule has 0 aliphatic heterocycles. The molecule has 0 aliphatic carbocycles. The highest BCUT2D eigenvalue weighted by atomic mass is 16.5. The Bertz CT molecular complexity index is 337. The van der Waals surface area contributed by atoms with Crippen molar-refractivity contribution in [1.82, 2.24) is 5.32 Å². The SMILES string of the molecule is COc1cccc(CCNC(C)(C)CCN)c1. The Morgan fingerprint density at radius 3 is 2.76 bits per heavy atom. The van der Waals surface area contributed by atoms with E-state index in [1.54, 1.807) is 7.11 Å². The second kappa shape index (κ2) is 6.62. The molecule has 0 fully saturated rings. The average molecular weight is 236 g/mol. The summed E-state index contributed by atoms with van der Waals surface area (Å²) in [5.41, 5.74) is 6.99. The first-order chi connectivity index (χ1) is 8.07. The van der Waals surface area contributed by atoms with Crippen molar-refractivity contribution in [2.24, 2.45) is 5.73 Å². The third kappa shape index (κ3) is 5.20. The first-order valence-electron chi connectivity index (χ1n) is 6.15. The molecule has 1 rings (SSSR count). The fourth-order valence-electron chi connectivity index (χ4n) is 1.82. The van der Waals surface area contributed by atoms with E-state index in [2.05, 4.69) is 31.3 Å². The molecule has 96 valence electrons. The Labute approximate surface area is 104 Å². The molecule has 0 aliphatic rings. The second-order valence-electron chi connectivity index (χ2n) is 4.95. The molecule has 0 aromatic heterocycles. The van der Waals surface area contributed by atoms with Crippen LogP contribution in [0.25, 0.3) is 0 Å². The highest BCUT2D eigenvalue weighted by Crippen LogP contribution is 2.13. The second-order valence-corrected chi connectivity index (χ2v) is 4.95. The first kappa shape index (κ1) is 14.0. The lowest BCUT2D eigenvalue weighted by molar-refractivity contribution is 0.370. The number of rotatable bonds is 7. The molecule has 0 saturated heterocycles. The molecule has 0 amide bonds. The van der Waals surface area contributed by atoms with Gasteiger partial charge in [0.05, 0.1) is 7.11 Å². The van der Waals surface area contributed by atoms with E-state index in [1.807, 2.05) is 12.1 Å². The van der Waals surface area contributed by atoms with Gasteiger partial charge in [0.1, 0.15) is 5.75 Å². The molecule has 0 heterocycles. The lowest BCUT2D eigenvalue weighted by Crippen LogP contribution is -2.41. The molecule has 0 radical (unpaired) electrons. The maximum Gasteiger partial charge on any atom is 0.119 e. The minimum Gasteiger partial charge on any atom is -0.497 e. The van der Waals surface area contributed by atoms with Crippen LogP contribution in [-0.4, -0.2) is 25.7 Å². The van der Waals surface area contributed by atoms with Crippen LogP contribution in [0.2, 0.25) is 0 Å². The van der Waals surface area contributed by atoms with Gasteiger partial charge in [-0.25, -0.2) is 0 Å². The maximum atomic E-state index is 5.58. The summed E-state index contributed by atoms with van der Waals surface area (Å²) < 4.78 is 5.20. The summed E-state index contributed by atoms with van der Waals surface area (Å²) in [6.45, 7) is 6.05. The predicted octanol–water partition coefficient (Wildman–Crippen LogP) is 1.95. The lowest BCUT2D eigenvalue weighted by Gasteiger charge is -2.25. The molecule has 3 nitrogen and oxygen atoms in total. The van der Waals surface area contributed by atoms with E-state index in [9.17, 15) is 0 Å². The Hall–Kier alpha value is -1.06. The van der Waals surface area contributed by atoms with Gasteiger partial charge in [0.2, 0.25) is 0 Å². The number of hydrogen-bond donors (Lipinski definition) is 2. The van der Waals surface area contributed by atoms with Gasteiger partial charge in [-0.2, -0.15) is 0 Å². The van der Waals surface area contributed by atoms with Crippen LogP contribution in [0, 0.1) is 0 Å². The van der Waals surface area contributed by atoms with Crippen LogP contribution in [0.5, 0.6) is 5.75 Å². The van der Waals surface area contributed by atoms with Crippen molar-refractivity contribution in [3.05, 3.63) is 29.8 Å². The summed E-state index contributed by atoms with van der Waals surface area (Å²) in [7, 11) is 1.70. The molecule has 17 heavy (non-hydrogen) atoms. The van der Waals surface area contributed by atoms with Gasteiger partial charge in [0.25, 0.3) is 0 Å². The third-order valence-corrected chi connectivity index (χ3v) is 2.92. The monoisotopic (exact) mass is 236 g/mol. The zero-order valence-electron chi connectivity index (χ0n) is 11.1. The van der Waals surface area contributed by atoms with Crippen molar-refractivity contribution < 1.29 is 4.74 Å². The van der Waals surface area contributed by atoms with Crippen molar-refractivity contribution in [3.63, 3.8) is 0 Å². The van der Waals surface area contributed by atoms with Crippen LogP contribution in [0.4, 0.5) is 0 Å². The quantitative estimate of drug-likeness (QED) is 0.760. The van der Waals surface area contributed by atoms with Crippen LogP contribution in [0.15, 0.2) is 24.3 Å². The van der Waals surface area contributed by atoms with E-state index in [1.165, 1.54) is 5.56 Å². The van der Waals surface area contributed by atoms with E-state index in [0.717, 1.165) is 31.7 Å². The Kier molecular flexibility index (Phi) is 5.45. The minimum atomic E-state index is 0.119. The Morgan fingerprint density at radius 1 is 1.35 bits per heavy atom. The third-order valence-electron chi connectivity index (χ3n) is 2.92. The molecule has 0 bridgehead atoms. The summed E-state index contributed by atoms with van der Waals surface area (Å²) >= 11 is 0. The summed E-state index contributed by atoms with van der Waals surface area (Å²) in [5.74, 6) is 0.920. The number of ether oxygens (including phenoxy) is 1. The summed E-state index contributed by atoms with van der Waals surface area (Å²) in [6, 6.07) is 8.20. The molecule has 0 unspecified atom stereocenters. The molecule has 3 heteroatoms. The number of hydrogen-bond acceptors (Lipinski definition) is 3. The van der Waals surface area contributed by atoms with Gasteiger partial charge in [0.15, 0.2) is 0 Å². The number of methoxy groups -OCH3 is 1. The van der Waals surface area contributed by atoms with Crippen molar-refractivity contribution in [3.8, 4) is 5.75 Å². The number of nitrogens with one attached hydrogen (secondary N) is 1. The molecular weight excluding hydrogens is 212 g/mol. The molecule has 0 spiro atoms. The lowest BCUT2D eigenvalue weighted by atomic mass is 10.0. The fourth-order valence-corrected chi connectivity index (χ4v) is 1.82. The highest BCUT2D eigenvalue weighted by Gasteiger charge is 2.14. The predicted molar refractivity (Wildman–Crippen MR) is 72.5 cm³/mol. The van der Waals surface area contributed by atoms with Crippen LogP contribution < -0.4 is 15.8 Å². The molecular formula is C14H24N2O. The van der Waals surface area contributed by atoms with Gasteiger partial charge in [-0.3, -0.25) is 0 Å². The molecule has 3 N–H and O–H groups in total. The Balaban J connectivity index is 2.40. The fraction of sp³-hybridized carbons (Fsp3) is 0.571. The number of nitrogens with two attached hydrogens (primary N) is 1. The standard InChI is InChI=1S/C14H24N2O/c1-14(2,8-9-15)16-10-7-12-5-4-6-13(11-12)17-3/h4-6,11,16H,7-10,15H2,1-3H3. The topological polar surface area (TPSA) is 47.3 Å². The smallest absolute Gasteiger partial charge is 0.119 e. The zero-order chi connectivity index (χ0) is 12.7. The highest BCUT2D eigenvalue weighted by molar-refractivity contribution is 5.28. The van der Waals surface area contributed by atoms with E-state index in [0.29, 0.717) is 0 Å². The van der Waals surface area contributed by atoms with Crippen LogP contribution >= 0.6 is 0 Å². The maximum absolute atomic E-state index is 5.58. The van der Waals surface area contributed by atoms with Gasteiger partial charge >= 0.3 is 0 Å². The Morgan fingerprint density at radius 2 is 2.12 bits per heavy atom. The first-order valence-corrected chi connectivity index (χ1v) is 6.15. The van der Waals surface area contributed by atoms with E-state index in [4.69, 9.17) is 10.5 Å². The molecule has 1 aromatic carbocycles. The van der Waals surface area contributed by atoms with Crippen LogP contribution in [0.1, 0.15) is 25.8 Å². The van der Waals surface area contributed by atoms with Crippen molar-refractivity contribution in [2.75, 3.05) is 20.2 Å². The van der Waals surface area contributed by atoms with E-state index < -0.39 is 0 Å².